The average molecular weight is 285 g/mol. The summed E-state index contributed by atoms with van der Waals surface area (Å²) < 4.78 is 6.04. The first-order chi connectivity index (χ1) is 10.8. The van der Waals surface area contributed by atoms with Crippen molar-refractivity contribution in [1.29, 1.82) is 0 Å². The number of hydrogen-bond donors (Lipinski definition) is 0. The molecule has 0 amide bonds. The molecule has 2 heteroatoms. The third-order valence-corrected chi connectivity index (χ3v) is 4.74. The molecule has 106 valence electrons. The lowest BCUT2D eigenvalue weighted by molar-refractivity contribution is 0.431. The minimum Gasteiger partial charge on any atom is -0.460 e. The Morgan fingerprint density at radius 1 is 1.27 bits per heavy atom. The Morgan fingerprint density at radius 2 is 2.18 bits per heavy atom. The van der Waals surface area contributed by atoms with E-state index in [1.807, 2.05) is 12.1 Å². The van der Waals surface area contributed by atoms with Crippen LogP contribution in [0.15, 0.2) is 58.2 Å². The van der Waals surface area contributed by atoms with Crippen LogP contribution in [-0.2, 0) is 6.42 Å². The van der Waals surface area contributed by atoms with Crippen LogP contribution in [0.3, 0.4) is 0 Å². The normalized spacial score (nSPS) is 24.7. The van der Waals surface area contributed by atoms with Crippen molar-refractivity contribution in [3.05, 3.63) is 65.1 Å². The number of nitrogens with zero attached hydrogens (tertiary/aromatic N) is 1. The smallest absolute Gasteiger partial charge is 0.134 e. The summed E-state index contributed by atoms with van der Waals surface area (Å²) in [5, 5.41) is 1.21. The molecule has 5 rings (SSSR count). The van der Waals surface area contributed by atoms with Crippen LogP contribution < -0.4 is 0 Å². The van der Waals surface area contributed by atoms with E-state index in [-0.39, 0.29) is 12.0 Å². The lowest BCUT2D eigenvalue weighted by atomic mass is 9.80. The summed E-state index contributed by atoms with van der Waals surface area (Å²) in [7, 11) is 0. The zero-order chi connectivity index (χ0) is 14.7. The van der Waals surface area contributed by atoms with Crippen molar-refractivity contribution >= 4 is 17.0 Å². The predicted molar refractivity (Wildman–Crippen MR) is 87.7 cm³/mol. The van der Waals surface area contributed by atoms with Crippen molar-refractivity contribution in [2.45, 2.75) is 19.4 Å². The van der Waals surface area contributed by atoms with Gasteiger partial charge in [-0.2, -0.15) is 0 Å². The maximum atomic E-state index is 6.04. The molecule has 0 spiro atoms. The second kappa shape index (κ2) is 4.18. The van der Waals surface area contributed by atoms with Crippen molar-refractivity contribution < 1.29 is 4.42 Å². The molecule has 2 aromatic rings. The summed E-state index contributed by atoms with van der Waals surface area (Å²) in [6.07, 6.45) is 9.70. The minimum absolute atomic E-state index is 0.262. The maximum absolute atomic E-state index is 6.04. The lowest BCUT2D eigenvalue weighted by Crippen LogP contribution is -2.36. The van der Waals surface area contributed by atoms with Crippen LogP contribution in [0.2, 0.25) is 0 Å². The topological polar surface area (TPSA) is 16.4 Å². The van der Waals surface area contributed by atoms with E-state index in [1.54, 1.807) is 0 Å². The van der Waals surface area contributed by atoms with Crippen LogP contribution in [0, 0.1) is 17.9 Å². The largest absolute Gasteiger partial charge is 0.460 e. The third-order valence-electron chi connectivity index (χ3n) is 4.74. The fourth-order valence-corrected chi connectivity index (χ4v) is 3.61. The summed E-state index contributed by atoms with van der Waals surface area (Å²) in [5.74, 6) is 4.73. The van der Waals surface area contributed by atoms with Crippen molar-refractivity contribution in [2.75, 3.05) is 0 Å². The molecule has 3 heterocycles. The van der Waals surface area contributed by atoms with Crippen molar-refractivity contribution in [2.24, 2.45) is 5.92 Å². The van der Waals surface area contributed by atoms with Gasteiger partial charge in [0.25, 0.3) is 0 Å². The van der Waals surface area contributed by atoms with Crippen molar-refractivity contribution in [3.63, 3.8) is 0 Å². The van der Waals surface area contributed by atoms with Crippen LogP contribution in [0.25, 0.3) is 17.0 Å². The Labute approximate surface area is 129 Å². The number of allylic oxidation sites excluding steroid dienone is 2. The van der Waals surface area contributed by atoms with Crippen LogP contribution in [-0.4, -0.2) is 10.9 Å². The first-order valence-corrected chi connectivity index (χ1v) is 7.67. The van der Waals surface area contributed by atoms with Gasteiger partial charge in [-0.05, 0) is 30.7 Å². The van der Waals surface area contributed by atoms with Gasteiger partial charge in [-0.3, -0.25) is 4.90 Å². The molecule has 2 aliphatic heterocycles. The molecule has 1 aromatic carbocycles. The SMILES string of the molecule is CC1=CC2C3=Cc4c(oc5ccccc45)CC3C#CN2C=C1. The third kappa shape index (κ3) is 1.57. The molecule has 1 aromatic heterocycles. The molecular formula is C20H15NO. The molecule has 0 fully saturated rings. The Morgan fingerprint density at radius 3 is 3.14 bits per heavy atom. The molecule has 2 unspecified atom stereocenters. The number of para-hydroxylation sites is 1. The second-order valence-electron chi connectivity index (χ2n) is 6.17. The highest BCUT2D eigenvalue weighted by Crippen LogP contribution is 2.39. The number of furan rings is 1. The van der Waals surface area contributed by atoms with E-state index in [2.05, 4.69) is 60.3 Å². The molecule has 0 saturated heterocycles. The molecule has 3 aliphatic rings. The van der Waals surface area contributed by atoms with E-state index in [1.165, 1.54) is 22.1 Å². The van der Waals surface area contributed by atoms with Gasteiger partial charge in [-0.15, -0.1) is 0 Å². The second-order valence-corrected chi connectivity index (χ2v) is 6.17. The molecule has 0 N–H and O–H groups in total. The number of benzene rings is 1. The maximum Gasteiger partial charge on any atom is 0.134 e. The van der Waals surface area contributed by atoms with E-state index < -0.39 is 0 Å². The first kappa shape index (κ1) is 11.9. The molecule has 0 bridgehead atoms. The Hall–Kier alpha value is -2.66. The first-order valence-electron chi connectivity index (χ1n) is 7.67. The summed E-state index contributed by atoms with van der Waals surface area (Å²) in [6.45, 7) is 2.15. The quantitative estimate of drug-likeness (QED) is 0.677. The van der Waals surface area contributed by atoms with Crippen LogP contribution in [0.4, 0.5) is 0 Å². The molecule has 2 nitrogen and oxygen atoms in total. The number of fused-ring (bicyclic) bond motifs is 6. The summed E-state index contributed by atoms with van der Waals surface area (Å²) in [4.78, 5) is 2.11. The molecule has 1 aliphatic carbocycles. The molecular weight excluding hydrogens is 270 g/mol. The highest BCUT2D eigenvalue weighted by molar-refractivity contribution is 5.90. The highest BCUT2D eigenvalue weighted by atomic mass is 16.3. The van der Waals surface area contributed by atoms with Gasteiger partial charge in [0.15, 0.2) is 0 Å². The number of hydrogen-bond acceptors (Lipinski definition) is 2. The molecule has 0 saturated carbocycles. The van der Waals surface area contributed by atoms with Gasteiger partial charge >= 0.3 is 0 Å². The Bertz CT molecular complexity index is 945. The number of rotatable bonds is 0. The van der Waals surface area contributed by atoms with Crippen molar-refractivity contribution in [1.82, 2.24) is 4.90 Å². The van der Waals surface area contributed by atoms with Gasteiger partial charge in [0.1, 0.15) is 11.3 Å². The van der Waals surface area contributed by atoms with Gasteiger partial charge in [0, 0.05) is 29.6 Å². The minimum atomic E-state index is 0.262. The van der Waals surface area contributed by atoms with Gasteiger partial charge in [0.05, 0.1) is 12.0 Å². The van der Waals surface area contributed by atoms with Gasteiger partial charge in [0.2, 0.25) is 0 Å². The van der Waals surface area contributed by atoms with E-state index in [9.17, 15) is 0 Å². The lowest BCUT2D eigenvalue weighted by Gasteiger charge is -2.35. The van der Waals surface area contributed by atoms with Crippen LogP contribution >= 0.6 is 0 Å². The predicted octanol–water partition coefficient (Wildman–Crippen LogP) is 4.11. The van der Waals surface area contributed by atoms with E-state index in [4.69, 9.17) is 4.42 Å². The monoisotopic (exact) mass is 285 g/mol. The summed E-state index contributed by atoms with van der Waals surface area (Å²) >= 11 is 0. The molecule has 22 heavy (non-hydrogen) atoms. The van der Waals surface area contributed by atoms with E-state index in [0.29, 0.717) is 0 Å². The van der Waals surface area contributed by atoms with Gasteiger partial charge < -0.3 is 4.42 Å². The van der Waals surface area contributed by atoms with Crippen LogP contribution in [0.5, 0.6) is 0 Å². The zero-order valence-corrected chi connectivity index (χ0v) is 12.3. The standard InChI is InChI=1S/C20H15NO/c1-13-6-8-21-9-7-14-11-20-17(12-16(14)18(21)10-13)15-4-2-3-5-19(15)22-20/h2-6,8,10,12,14,18H,11H2,1H3. The van der Waals surface area contributed by atoms with E-state index >= 15 is 0 Å². The zero-order valence-electron chi connectivity index (χ0n) is 12.3. The average Bonchev–Trinajstić information content (AvgIpc) is 2.90. The van der Waals surface area contributed by atoms with Crippen molar-refractivity contribution in [3.8, 4) is 12.0 Å². The van der Waals surface area contributed by atoms with Crippen LogP contribution in [0.1, 0.15) is 18.2 Å². The molecule has 0 radical (unpaired) electrons. The van der Waals surface area contributed by atoms with Gasteiger partial charge in [-0.1, -0.05) is 35.8 Å². The fourth-order valence-electron chi connectivity index (χ4n) is 3.61. The Balaban J connectivity index is 1.72. The fraction of sp³-hybridized carbons (Fsp3) is 0.200. The van der Waals surface area contributed by atoms with E-state index in [0.717, 1.165) is 17.8 Å². The summed E-state index contributed by atoms with van der Waals surface area (Å²) in [5.41, 5.74) is 4.91. The summed E-state index contributed by atoms with van der Waals surface area (Å²) in [6, 6.07) is 11.8. The Kier molecular flexibility index (Phi) is 2.27. The molecule has 2 atom stereocenters. The highest BCUT2D eigenvalue weighted by Gasteiger charge is 2.33. The van der Waals surface area contributed by atoms with Gasteiger partial charge in [-0.25, -0.2) is 0 Å².